The van der Waals surface area contributed by atoms with E-state index in [4.69, 9.17) is 5.41 Å². The fourth-order valence-corrected chi connectivity index (χ4v) is 4.84. The van der Waals surface area contributed by atoms with Crippen LogP contribution in [0, 0.1) is 25.2 Å². The van der Waals surface area contributed by atoms with Crippen LogP contribution in [0.3, 0.4) is 0 Å². The van der Waals surface area contributed by atoms with Crippen molar-refractivity contribution in [1.82, 2.24) is 15.6 Å². The van der Waals surface area contributed by atoms with E-state index in [9.17, 15) is 9.59 Å². The minimum atomic E-state index is -0.553. The maximum Gasteiger partial charge on any atom is 0.253 e. The molecular weight excluding hydrogens is 448 g/mol. The Morgan fingerprint density at radius 1 is 1.22 bits per heavy atom. The largest absolute Gasteiger partial charge is 0.382 e. The Morgan fingerprint density at radius 3 is 2.58 bits per heavy atom. The molecule has 36 heavy (non-hydrogen) atoms. The lowest BCUT2D eigenvalue weighted by Crippen LogP contribution is -2.34. The summed E-state index contributed by atoms with van der Waals surface area (Å²) in [6.07, 6.45) is 8.88. The molecule has 1 aromatic carbocycles. The van der Waals surface area contributed by atoms with Crippen molar-refractivity contribution >= 4 is 17.7 Å². The maximum atomic E-state index is 13.2. The quantitative estimate of drug-likeness (QED) is 0.268. The number of hydrogen-bond donors (Lipinski definition) is 4. The summed E-state index contributed by atoms with van der Waals surface area (Å²) >= 11 is 0. The number of carbonyl (C=O) groups is 1. The van der Waals surface area contributed by atoms with Gasteiger partial charge in [0.25, 0.3) is 5.56 Å². The van der Waals surface area contributed by atoms with Gasteiger partial charge in [0, 0.05) is 41.3 Å². The SMILES string of the molecule is CCc1cccc(/C(C)=C/C(NC2CCCC2)=C(/C=N)C(C)C(=O)NCc2c(C)cc(C)[nH]c2=O)c1. The first-order chi connectivity index (χ1) is 17.2. The van der Waals surface area contributed by atoms with Crippen LogP contribution >= 0.6 is 0 Å². The number of pyridine rings is 1. The van der Waals surface area contributed by atoms with Gasteiger partial charge < -0.3 is 21.0 Å². The number of allylic oxidation sites excluding steroid dienone is 2. The molecule has 1 atom stereocenters. The van der Waals surface area contributed by atoms with E-state index in [0.29, 0.717) is 17.2 Å². The van der Waals surface area contributed by atoms with Gasteiger partial charge in [0.2, 0.25) is 5.91 Å². The van der Waals surface area contributed by atoms with Crippen LogP contribution in [-0.4, -0.2) is 23.1 Å². The highest BCUT2D eigenvalue weighted by Gasteiger charge is 2.23. The minimum Gasteiger partial charge on any atom is -0.382 e. The van der Waals surface area contributed by atoms with E-state index in [1.807, 2.05) is 26.8 Å². The Kier molecular flexibility index (Phi) is 9.45. The summed E-state index contributed by atoms with van der Waals surface area (Å²) in [5.41, 5.74) is 6.97. The first-order valence-electron chi connectivity index (χ1n) is 13.0. The molecule has 1 amide bonds. The molecule has 2 aromatic rings. The van der Waals surface area contributed by atoms with Crippen molar-refractivity contribution < 1.29 is 4.79 Å². The number of benzene rings is 1. The van der Waals surface area contributed by atoms with Gasteiger partial charge in [-0.25, -0.2) is 0 Å². The standard InChI is InChI=1S/C30H40N4O2/c1-6-23-10-9-11-24(16-23)19(2)15-28(34-25-12-7-8-13-25)26(17-31)22(5)29(35)32-18-27-20(3)14-21(4)33-30(27)36/h9-11,14-17,22,25,31,34H,6-8,12-13,18H2,1-5H3,(H,32,35)(H,33,36)/b19-15+,28-26+,31-17?. The molecule has 6 nitrogen and oxygen atoms in total. The number of aromatic nitrogens is 1. The van der Waals surface area contributed by atoms with Crippen LogP contribution in [0.15, 0.2) is 52.5 Å². The lowest BCUT2D eigenvalue weighted by Gasteiger charge is -2.21. The van der Waals surface area contributed by atoms with Crippen LogP contribution < -0.4 is 16.2 Å². The summed E-state index contributed by atoms with van der Waals surface area (Å²) in [5.74, 6) is -0.764. The molecule has 0 saturated heterocycles. The molecule has 3 rings (SSSR count). The van der Waals surface area contributed by atoms with E-state index in [0.717, 1.165) is 47.4 Å². The second-order valence-corrected chi connectivity index (χ2v) is 9.90. The third kappa shape index (κ3) is 6.84. The summed E-state index contributed by atoms with van der Waals surface area (Å²) in [6.45, 7) is 9.90. The van der Waals surface area contributed by atoms with Gasteiger partial charge in [-0.05, 0) is 81.4 Å². The third-order valence-corrected chi connectivity index (χ3v) is 7.13. The van der Waals surface area contributed by atoms with Gasteiger partial charge in [-0.15, -0.1) is 0 Å². The van der Waals surface area contributed by atoms with Crippen LogP contribution in [0.4, 0.5) is 0 Å². The Hall–Kier alpha value is -3.41. The maximum absolute atomic E-state index is 13.2. The Morgan fingerprint density at radius 2 is 1.94 bits per heavy atom. The van der Waals surface area contributed by atoms with Crippen LogP contribution in [0.2, 0.25) is 0 Å². The summed E-state index contributed by atoms with van der Waals surface area (Å²) in [7, 11) is 0. The van der Waals surface area contributed by atoms with Crippen LogP contribution in [0.1, 0.15) is 74.4 Å². The predicted octanol–water partition coefficient (Wildman–Crippen LogP) is 5.35. The number of rotatable bonds is 10. The van der Waals surface area contributed by atoms with Crippen molar-refractivity contribution in [2.45, 2.75) is 79.3 Å². The highest BCUT2D eigenvalue weighted by atomic mass is 16.2. The molecule has 192 valence electrons. The van der Waals surface area contributed by atoms with E-state index in [-0.39, 0.29) is 18.0 Å². The van der Waals surface area contributed by atoms with E-state index in [2.05, 4.69) is 59.8 Å². The monoisotopic (exact) mass is 488 g/mol. The normalized spacial score (nSPS) is 15.9. The molecule has 1 aliphatic rings. The zero-order valence-corrected chi connectivity index (χ0v) is 22.3. The highest BCUT2D eigenvalue weighted by molar-refractivity contribution is 5.92. The Bertz CT molecular complexity index is 1220. The molecule has 1 saturated carbocycles. The average molecular weight is 489 g/mol. The van der Waals surface area contributed by atoms with E-state index < -0.39 is 5.92 Å². The average Bonchev–Trinajstić information content (AvgIpc) is 3.36. The zero-order valence-electron chi connectivity index (χ0n) is 22.3. The molecule has 0 bridgehead atoms. The number of hydrogen-bond acceptors (Lipinski definition) is 4. The van der Waals surface area contributed by atoms with Gasteiger partial charge >= 0.3 is 0 Å². The van der Waals surface area contributed by atoms with E-state index in [1.165, 1.54) is 24.6 Å². The summed E-state index contributed by atoms with van der Waals surface area (Å²) < 4.78 is 0. The molecule has 4 N–H and O–H groups in total. The van der Waals surface area contributed by atoms with Crippen LogP contribution in [0.25, 0.3) is 5.57 Å². The minimum absolute atomic E-state index is 0.153. The van der Waals surface area contributed by atoms with Gasteiger partial charge in [-0.1, -0.05) is 44.0 Å². The molecule has 1 unspecified atom stereocenters. The van der Waals surface area contributed by atoms with Crippen molar-refractivity contribution in [3.8, 4) is 0 Å². The summed E-state index contributed by atoms with van der Waals surface area (Å²) in [6, 6.07) is 10.7. The molecule has 1 aliphatic carbocycles. The number of H-pyrrole nitrogens is 1. The van der Waals surface area contributed by atoms with Gasteiger partial charge in [-0.3, -0.25) is 9.59 Å². The molecule has 6 heteroatoms. The number of nitrogens with one attached hydrogen (secondary N) is 4. The highest BCUT2D eigenvalue weighted by Crippen LogP contribution is 2.24. The van der Waals surface area contributed by atoms with Gasteiger partial charge in [0.05, 0.1) is 5.92 Å². The molecular formula is C30H40N4O2. The molecule has 1 fully saturated rings. The number of aromatic amines is 1. The second kappa shape index (κ2) is 12.5. The number of aryl methyl sites for hydroxylation is 3. The fraction of sp³-hybridized carbons (Fsp3) is 0.433. The Balaban J connectivity index is 1.90. The molecule has 0 aliphatic heterocycles. The molecule has 1 heterocycles. The second-order valence-electron chi connectivity index (χ2n) is 9.90. The molecule has 0 spiro atoms. The lowest BCUT2D eigenvalue weighted by atomic mass is 9.95. The Labute approximate surface area is 214 Å². The van der Waals surface area contributed by atoms with Gasteiger partial charge in [-0.2, -0.15) is 0 Å². The summed E-state index contributed by atoms with van der Waals surface area (Å²) in [4.78, 5) is 28.3. The van der Waals surface area contributed by atoms with Crippen molar-refractivity contribution in [3.05, 3.63) is 86.0 Å². The molecule has 1 aromatic heterocycles. The van der Waals surface area contributed by atoms with E-state index in [1.54, 1.807) is 0 Å². The fourth-order valence-electron chi connectivity index (χ4n) is 4.84. The van der Waals surface area contributed by atoms with Gasteiger partial charge in [0.15, 0.2) is 0 Å². The summed E-state index contributed by atoms with van der Waals surface area (Å²) in [5, 5.41) is 14.8. The first kappa shape index (κ1) is 27.2. The van der Waals surface area contributed by atoms with Crippen LogP contribution in [0.5, 0.6) is 0 Å². The zero-order chi connectivity index (χ0) is 26.2. The van der Waals surface area contributed by atoms with Crippen molar-refractivity contribution in [3.63, 3.8) is 0 Å². The number of carbonyl (C=O) groups excluding carboxylic acids is 1. The molecule has 0 radical (unpaired) electrons. The van der Waals surface area contributed by atoms with Crippen LogP contribution in [-0.2, 0) is 17.8 Å². The van der Waals surface area contributed by atoms with E-state index >= 15 is 0 Å². The third-order valence-electron chi connectivity index (χ3n) is 7.13. The van der Waals surface area contributed by atoms with Crippen molar-refractivity contribution in [1.29, 1.82) is 5.41 Å². The lowest BCUT2D eigenvalue weighted by molar-refractivity contribution is -0.123. The smallest absolute Gasteiger partial charge is 0.253 e. The predicted molar refractivity (Wildman–Crippen MR) is 148 cm³/mol. The van der Waals surface area contributed by atoms with Crippen molar-refractivity contribution in [2.75, 3.05) is 0 Å². The first-order valence-corrected chi connectivity index (χ1v) is 13.0. The van der Waals surface area contributed by atoms with Gasteiger partial charge in [0.1, 0.15) is 0 Å². The number of amides is 1. The topological polar surface area (TPSA) is 97.8 Å². The van der Waals surface area contributed by atoms with Crippen molar-refractivity contribution in [2.24, 2.45) is 5.92 Å².